The van der Waals surface area contributed by atoms with Gasteiger partial charge in [0.2, 0.25) is 0 Å². The first-order valence-corrected chi connectivity index (χ1v) is 17.2. The lowest BCUT2D eigenvalue weighted by atomic mass is 9.96. The second-order valence-electron chi connectivity index (χ2n) is 11.9. The van der Waals surface area contributed by atoms with Crippen LogP contribution in [0.25, 0.3) is 10.9 Å². The van der Waals surface area contributed by atoms with E-state index in [4.69, 9.17) is 4.43 Å². The minimum absolute atomic E-state index is 0.146. The molecule has 1 atom stereocenters. The molecule has 0 amide bonds. The van der Waals surface area contributed by atoms with Gasteiger partial charge in [-0.05, 0) is 73.7 Å². The third-order valence-corrected chi connectivity index (χ3v) is 15.6. The molecule has 6 heteroatoms. The molecule has 0 aliphatic rings. The van der Waals surface area contributed by atoms with E-state index < -0.39 is 16.6 Å². The molecule has 2 rings (SSSR count). The highest BCUT2D eigenvalue weighted by Crippen LogP contribution is 2.43. The quantitative estimate of drug-likeness (QED) is 0.441. The van der Waals surface area contributed by atoms with Crippen molar-refractivity contribution in [2.24, 2.45) is 5.92 Å². The zero-order chi connectivity index (χ0) is 23.8. The standard InChI is InChI=1S/C25H42N2O2Si2/c1-19-11-12-23-21(13-19)14-22(16-26)27(23)17-20(15-25(5,6)30(7,8)28)18-29-31(9,10)24(2,3)4/h11-14,20,28H,15,17-18H2,1-10H3/t20-/m0/s1. The first kappa shape index (κ1) is 25.9. The third-order valence-electron chi connectivity index (χ3n) is 7.55. The van der Waals surface area contributed by atoms with Crippen molar-refractivity contribution in [1.29, 1.82) is 5.26 Å². The van der Waals surface area contributed by atoms with Crippen LogP contribution in [0.3, 0.4) is 0 Å². The number of hydrogen-bond donors (Lipinski definition) is 1. The average molecular weight is 459 g/mol. The van der Waals surface area contributed by atoms with E-state index in [9.17, 15) is 10.1 Å². The molecule has 0 spiro atoms. The number of aryl methyl sites for hydroxylation is 1. The van der Waals surface area contributed by atoms with Gasteiger partial charge < -0.3 is 13.8 Å². The van der Waals surface area contributed by atoms with E-state index in [2.05, 4.69) is 83.5 Å². The number of benzene rings is 1. The van der Waals surface area contributed by atoms with Crippen LogP contribution in [-0.4, -0.2) is 32.6 Å². The molecule has 0 saturated heterocycles. The molecular weight excluding hydrogens is 416 g/mol. The Morgan fingerprint density at radius 1 is 1.10 bits per heavy atom. The first-order valence-electron chi connectivity index (χ1n) is 11.3. The van der Waals surface area contributed by atoms with Crippen LogP contribution in [0.2, 0.25) is 36.3 Å². The molecule has 1 aromatic carbocycles. The van der Waals surface area contributed by atoms with Crippen LogP contribution in [0.1, 0.15) is 52.3 Å². The molecule has 0 radical (unpaired) electrons. The summed E-state index contributed by atoms with van der Waals surface area (Å²) in [6, 6.07) is 10.7. The normalized spacial score (nSPS) is 14.6. The fraction of sp³-hybridized carbons (Fsp3) is 0.640. The maximum atomic E-state index is 10.9. The van der Waals surface area contributed by atoms with Crippen LogP contribution in [0, 0.1) is 24.2 Å². The second kappa shape index (κ2) is 8.86. The van der Waals surface area contributed by atoms with Gasteiger partial charge >= 0.3 is 0 Å². The van der Waals surface area contributed by atoms with Gasteiger partial charge in [0.1, 0.15) is 11.8 Å². The Kier molecular flexibility index (Phi) is 7.39. The molecule has 0 aliphatic carbocycles. The lowest BCUT2D eigenvalue weighted by Crippen LogP contribution is -2.44. The summed E-state index contributed by atoms with van der Waals surface area (Å²) in [5, 5.41) is 10.9. The molecule has 0 aliphatic heterocycles. The van der Waals surface area contributed by atoms with Crippen molar-refractivity contribution in [3.63, 3.8) is 0 Å². The molecule has 31 heavy (non-hydrogen) atoms. The summed E-state index contributed by atoms with van der Waals surface area (Å²) in [6.07, 6.45) is 0.869. The number of fused-ring (bicyclic) bond motifs is 1. The summed E-state index contributed by atoms with van der Waals surface area (Å²) >= 11 is 0. The highest BCUT2D eigenvalue weighted by atomic mass is 28.4. The summed E-state index contributed by atoms with van der Waals surface area (Å²) in [5.41, 5.74) is 2.98. The van der Waals surface area contributed by atoms with Crippen molar-refractivity contribution in [1.82, 2.24) is 4.57 Å². The smallest absolute Gasteiger partial charge is 0.191 e. The Labute approximate surface area is 191 Å². The predicted molar refractivity (Wildman–Crippen MR) is 136 cm³/mol. The van der Waals surface area contributed by atoms with Crippen LogP contribution in [-0.2, 0) is 11.0 Å². The topological polar surface area (TPSA) is 58.2 Å². The molecule has 2 aromatic rings. The molecule has 1 heterocycles. The fourth-order valence-corrected chi connectivity index (χ4v) is 5.50. The zero-order valence-electron chi connectivity index (χ0n) is 21.3. The number of nitrogens with zero attached hydrogens (tertiary/aromatic N) is 2. The van der Waals surface area contributed by atoms with Gasteiger partial charge in [-0.15, -0.1) is 0 Å². The van der Waals surface area contributed by atoms with E-state index >= 15 is 0 Å². The van der Waals surface area contributed by atoms with Crippen molar-refractivity contribution in [3.05, 3.63) is 35.5 Å². The van der Waals surface area contributed by atoms with E-state index in [0.717, 1.165) is 23.9 Å². The van der Waals surface area contributed by atoms with Crippen LogP contribution in [0.5, 0.6) is 0 Å². The Morgan fingerprint density at radius 2 is 1.71 bits per heavy atom. The molecule has 0 saturated carbocycles. The van der Waals surface area contributed by atoms with E-state index in [0.29, 0.717) is 12.3 Å². The lowest BCUT2D eigenvalue weighted by molar-refractivity contribution is 0.192. The predicted octanol–water partition coefficient (Wildman–Crippen LogP) is 6.83. The highest BCUT2D eigenvalue weighted by molar-refractivity contribution is 6.74. The van der Waals surface area contributed by atoms with Gasteiger partial charge in [0.25, 0.3) is 0 Å². The van der Waals surface area contributed by atoms with Crippen molar-refractivity contribution in [2.45, 2.75) is 90.8 Å². The van der Waals surface area contributed by atoms with Crippen LogP contribution in [0.4, 0.5) is 0 Å². The van der Waals surface area contributed by atoms with Crippen molar-refractivity contribution < 1.29 is 9.22 Å². The molecular formula is C25H42N2O2Si2. The van der Waals surface area contributed by atoms with Gasteiger partial charge in [0.15, 0.2) is 16.6 Å². The van der Waals surface area contributed by atoms with Crippen LogP contribution < -0.4 is 0 Å². The zero-order valence-corrected chi connectivity index (χ0v) is 23.3. The van der Waals surface area contributed by atoms with Crippen molar-refractivity contribution >= 4 is 27.5 Å². The Hall–Kier alpha value is -1.40. The summed E-state index contributed by atoms with van der Waals surface area (Å²) in [6.45, 7) is 23.2. The van der Waals surface area contributed by atoms with E-state index in [-0.39, 0.29) is 16.0 Å². The molecule has 172 valence electrons. The largest absolute Gasteiger partial charge is 0.432 e. The van der Waals surface area contributed by atoms with Crippen LogP contribution >= 0.6 is 0 Å². The second-order valence-corrected chi connectivity index (χ2v) is 21.2. The van der Waals surface area contributed by atoms with Crippen molar-refractivity contribution in [3.8, 4) is 6.07 Å². The Morgan fingerprint density at radius 3 is 2.23 bits per heavy atom. The summed E-state index contributed by atoms with van der Waals surface area (Å²) in [7, 11) is -4.26. The SMILES string of the molecule is Cc1ccc2c(c1)cc(C#N)n2C[C@@H](CO[Si](C)(C)C(C)(C)C)CC(C)(C)[Si](C)(C)O. The van der Waals surface area contributed by atoms with Gasteiger partial charge in [-0.1, -0.05) is 46.2 Å². The maximum Gasteiger partial charge on any atom is 0.191 e. The monoisotopic (exact) mass is 458 g/mol. The van der Waals surface area contributed by atoms with Gasteiger partial charge in [-0.2, -0.15) is 5.26 Å². The number of hydrogen-bond acceptors (Lipinski definition) is 3. The van der Waals surface area contributed by atoms with Crippen LogP contribution in [0.15, 0.2) is 24.3 Å². The fourth-order valence-electron chi connectivity index (χ4n) is 3.63. The number of rotatable bonds is 8. The average Bonchev–Trinajstić information content (AvgIpc) is 2.94. The lowest BCUT2D eigenvalue weighted by Gasteiger charge is -2.41. The Bertz CT molecular complexity index is 957. The van der Waals surface area contributed by atoms with Gasteiger partial charge in [-0.25, -0.2) is 0 Å². The minimum atomic E-state index is -2.36. The van der Waals surface area contributed by atoms with Gasteiger partial charge in [0, 0.05) is 24.1 Å². The van der Waals surface area contributed by atoms with E-state index in [1.807, 2.05) is 19.2 Å². The van der Waals surface area contributed by atoms with E-state index in [1.54, 1.807) is 0 Å². The Balaban J connectivity index is 2.42. The summed E-state index contributed by atoms with van der Waals surface area (Å²) in [4.78, 5) is 10.9. The molecule has 0 unspecified atom stereocenters. The molecule has 1 aromatic heterocycles. The summed E-state index contributed by atoms with van der Waals surface area (Å²) < 4.78 is 8.79. The number of aromatic nitrogens is 1. The van der Waals surface area contributed by atoms with E-state index in [1.165, 1.54) is 5.56 Å². The van der Waals surface area contributed by atoms with Crippen molar-refractivity contribution in [2.75, 3.05) is 6.61 Å². The molecule has 4 nitrogen and oxygen atoms in total. The van der Waals surface area contributed by atoms with Gasteiger partial charge in [-0.3, -0.25) is 0 Å². The maximum absolute atomic E-state index is 10.9. The molecule has 0 fully saturated rings. The summed E-state index contributed by atoms with van der Waals surface area (Å²) in [5.74, 6) is 0.215. The first-order chi connectivity index (χ1) is 14.0. The third kappa shape index (κ3) is 5.89. The van der Waals surface area contributed by atoms with Gasteiger partial charge in [0.05, 0.1) is 0 Å². The number of nitriles is 1. The molecule has 1 N–H and O–H groups in total. The highest BCUT2D eigenvalue weighted by Gasteiger charge is 2.41. The minimum Gasteiger partial charge on any atom is -0.432 e. The molecule has 0 bridgehead atoms.